The molecule has 1 aliphatic heterocycles. The molecule has 0 bridgehead atoms. The summed E-state index contributed by atoms with van der Waals surface area (Å²) in [6, 6.07) is 29.5. The van der Waals surface area contributed by atoms with Crippen LogP contribution >= 0.6 is 23.5 Å². The van der Waals surface area contributed by atoms with Crippen LogP contribution in [0.15, 0.2) is 120 Å². The third-order valence-electron chi connectivity index (χ3n) is 7.89. The van der Waals surface area contributed by atoms with Crippen molar-refractivity contribution < 1.29 is 65.1 Å². The summed E-state index contributed by atoms with van der Waals surface area (Å²) in [5.41, 5.74) is -0.00350. The Morgan fingerprint density at radius 1 is 0.782 bits per heavy atom. The van der Waals surface area contributed by atoms with Crippen LogP contribution in [-0.4, -0.2) is 54.9 Å². The Morgan fingerprint density at radius 2 is 1.40 bits per heavy atom. The Labute approximate surface area is 312 Å². The fourth-order valence-electron chi connectivity index (χ4n) is 5.38. The third-order valence-corrected chi connectivity index (χ3v) is 12.1. The first kappa shape index (κ1) is 40.0. The fourth-order valence-corrected chi connectivity index (χ4v) is 8.88. The van der Waals surface area contributed by atoms with Gasteiger partial charge in [0.2, 0.25) is 0 Å². The minimum atomic E-state index is -5.82. The largest absolute Gasteiger partial charge is 0.490 e. The second kappa shape index (κ2) is 17.0. The highest BCUT2D eigenvalue weighted by atomic mass is 31.3. The number of benzene rings is 4. The minimum Gasteiger partial charge on any atom is -0.456 e. The van der Waals surface area contributed by atoms with Crippen LogP contribution < -0.4 is 11.0 Å². The number of fused-ring (bicyclic) bond motifs is 1. The van der Waals surface area contributed by atoms with Gasteiger partial charge in [-0.05, 0) is 52.7 Å². The topological polar surface area (TPSA) is 248 Å². The van der Waals surface area contributed by atoms with E-state index in [1.54, 1.807) is 78.9 Å². The number of aromatic nitrogens is 2. The molecule has 1 fully saturated rings. The standard InChI is InChI=1S/C34H32N3O15P3/c38-32(25-10-3-1-4-11-25)35-30-17-18-37(34(40)36-30)31-20-28(50-33(39)26-12-5-2-6-13-26)29(49-31)22-48-54(43,44)52-55(45,46)51-53(41,42)47-21-23-15-16-24-9-7-8-14-27(24)19-23/h1-19,28-29,31H,20-22H2,(H,41,42)(H,43,44)(H,45,46)(H,35,36,38,40)/t28?,29-,31-/m1/s1. The van der Waals surface area contributed by atoms with Crippen molar-refractivity contribution >= 4 is 51.9 Å². The maximum absolute atomic E-state index is 13.0. The summed E-state index contributed by atoms with van der Waals surface area (Å²) in [5.74, 6) is -1.40. The van der Waals surface area contributed by atoms with Crippen LogP contribution in [0.1, 0.15) is 38.9 Å². The molecule has 1 aromatic heterocycles. The molecule has 2 heterocycles. The van der Waals surface area contributed by atoms with Crippen LogP contribution in [0.5, 0.6) is 0 Å². The van der Waals surface area contributed by atoms with Gasteiger partial charge in [0.1, 0.15) is 24.3 Å². The summed E-state index contributed by atoms with van der Waals surface area (Å²) in [4.78, 5) is 72.8. The van der Waals surface area contributed by atoms with Gasteiger partial charge in [-0.15, -0.1) is 0 Å². The zero-order valence-electron chi connectivity index (χ0n) is 28.3. The number of carbonyl (C=O) groups is 2. The molecule has 0 aliphatic carbocycles. The molecule has 0 spiro atoms. The van der Waals surface area contributed by atoms with E-state index in [9.17, 15) is 42.8 Å². The van der Waals surface area contributed by atoms with Gasteiger partial charge in [-0.1, -0.05) is 72.8 Å². The van der Waals surface area contributed by atoms with E-state index in [0.29, 0.717) is 11.1 Å². The maximum Gasteiger partial charge on any atom is 0.490 e. The number of ether oxygens (including phenoxy) is 2. The summed E-state index contributed by atoms with van der Waals surface area (Å²) in [6.45, 7) is -1.47. The van der Waals surface area contributed by atoms with Crippen molar-refractivity contribution in [2.45, 2.75) is 31.5 Å². The lowest BCUT2D eigenvalue weighted by Crippen LogP contribution is -2.31. The van der Waals surface area contributed by atoms with Gasteiger partial charge in [-0.3, -0.25) is 18.4 Å². The van der Waals surface area contributed by atoms with Gasteiger partial charge in [-0.2, -0.15) is 13.6 Å². The van der Waals surface area contributed by atoms with Crippen LogP contribution in [0.2, 0.25) is 0 Å². The van der Waals surface area contributed by atoms with E-state index in [2.05, 4.69) is 18.9 Å². The number of amides is 1. The summed E-state index contributed by atoms with van der Waals surface area (Å²) in [5, 5.41) is 4.17. The fraction of sp³-hybridized carbons (Fsp3) is 0.176. The highest BCUT2D eigenvalue weighted by molar-refractivity contribution is 7.66. The number of phosphoric ester groups is 2. The van der Waals surface area contributed by atoms with E-state index in [1.165, 1.54) is 24.4 Å². The van der Waals surface area contributed by atoms with Crippen LogP contribution in [-0.2, 0) is 47.4 Å². The zero-order valence-corrected chi connectivity index (χ0v) is 31.0. The van der Waals surface area contributed by atoms with E-state index in [1.807, 2.05) is 12.1 Å². The monoisotopic (exact) mass is 815 g/mol. The van der Waals surface area contributed by atoms with Crippen LogP contribution in [0.4, 0.5) is 5.82 Å². The maximum atomic E-state index is 13.0. The Kier molecular flexibility index (Phi) is 12.4. The van der Waals surface area contributed by atoms with Gasteiger partial charge in [0.25, 0.3) is 5.91 Å². The summed E-state index contributed by atoms with van der Waals surface area (Å²) in [6.07, 6.45) is -2.76. The van der Waals surface area contributed by atoms with Gasteiger partial charge in [-0.25, -0.2) is 23.3 Å². The van der Waals surface area contributed by atoms with Crippen molar-refractivity contribution in [3.8, 4) is 0 Å². The number of anilines is 1. The number of hydrogen-bond acceptors (Lipinski definition) is 13. The lowest BCUT2D eigenvalue weighted by atomic mass is 10.1. The highest BCUT2D eigenvalue weighted by Crippen LogP contribution is 2.68. The van der Waals surface area contributed by atoms with Crippen molar-refractivity contribution in [3.63, 3.8) is 0 Å². The van der Waals surface area contributed by atoms with E-state index in [0.717, 1.165) is 15.3 Å². The molecule has 1 aliphatic rings. The Morgan fingerprint density at radius 3 is 2.07 bits per heavy atom. The van der Waals surface area contributed by atoms with Crippen LogP contribution in [0, 0.1) is 0 Å². The Bertz CT molecular complexity index is 2380. The van der Waals surface area contributed by atoms with Crippen molar-refractivity contribution in [2.75, 3.05) is 11.9 Å². The second-order valence-electron chi connectivity index (χ2n) is 11.8. The molecule has 5 aromatic rings. The molecule has 18 nitrogen and oxygen atoms in total. The molecular formula is C34H32N3O15P3. The van der Waals surface area contributed by atoms with Gasteiger partial charge in [0.05, 0.1) is 18.8 Å². The van der Waals surface area contributed by atoms with E-state index >= 15 is 0 Å². The average Bonchev–Trinajstić information content (AvgIpc) is 3.54. The molecule has 288 valence electrons. The van der Waals surface area contributed by atoms with Gasteiger partial charge >= 0.3 is 35.1 Å². The number of nitrogens with zero attached hydrogens (tertiary/aromatic N) is 2. The van der Waals surface area contributed by atoms with Crippen molar-refractivity contribution in [3.05, 3.63) is 143 Å². The molecule has 4 unspecified atom stereocenters. The number of hydrogen-bond donors (Lipinski definition) is 4. The van der Waals surface area contributed by atoms with Crippen LogP contribution in [0.3, 0.4) is 0 Å². The smallest absolute Gasteiger partial charge is 0.456 e. The van der Waals surface area contributed by atoms with E-state index in [-0.39, 0.29) is 17.8 Å². The molecule has 6 rings (SSSR count). The van der Waals surface area contributed by atoms with Gasteiger partial charge in [0.15, 0.2) is 0 Å². The molecule has 0 radical (unpaired) electrons. The number of esters is 1. The second-order valence-corrected chi connectivity index (χ2v) is 16.5. The average molecular weight is 816 g/mol. The Balaban J connectivity index is 1.10. The highest BCUT2D eigenvalue weighted by Gasteiger charge is 2.45. The van der Waals surface area contributed by atoms with Crippen molar-refractivity contribution in [1.29, 1.82) is 0 Å². The summed E-state index contributed by atoms with van der Waals surface area (Å²) < 4.78 is 68.4. The lowest BCUT2D eigenvalue weighted by molar-refractivity contribution is -0.0511. The lowest BCUT2D eigenvalue weighted by Gasteiger charge is -2.21. The predicted molar refractivity (Wildman–Crippen MR) is 193 cm³/mol. The molecule has 55 heavy (non-hydrogen) atoms. The van der Waals surface area contributed by atoms with E-state index < -0.39 is 72.7 Å². The summed E-state index contributed by atoms with van der Waals surface area (Å²) in [7, 11) is -16.8. The summed E-state index contributed by atoms with van der Waals surface area (Å²) >= 11 is 0. The minimum absolute atomic E-state index is 0.0689. The van der Waals surface area contributed by atoms with Crippen molar-refractivity contribution in [2.24, 2.45) is 0 Å². The van der Waals surface area contributed by atoms with Gasteiger partial charge < -0.3 is 29.5 Å². The molecule has 1 saturated heterocycles. The predicted octanol–water partition coefficient (Wildman–Crippen LogP) is 5.73. The number of nitrogens with one attached hydrogen (secondary N) is 1. The molecule has 0 saturated carbocycles. The number of phosphoric acid groups is 3. The number of rotatable bonds is 15. The normalized spacial score (nSPS) is 20.2. The first-order valence-corrected chi connectivity index (χ1v) is 20.7. The SMILES string of the molecule is O=C(Nc1ccn([C@H]2CC(OC(=O)c3ccccc3)[C@@H](COP(=O)(O)OP(=O)(O)OP(=O)(O)OCc3ccc4ccccc4c3)O2)c(=O)n1)c1ccccc1. The molecular weight excluding hydrogens is 783 g/mol. The van der Waals surface area contributed by atoms with Crippen LogP contribution in [0.25, 0.3) is 10.8 Å². The molecule has 4 N–H and O–H groups in total. The van der Waals surface area contributed by atoms with E-state index in [4.69, 9.17) is 18.5 Å². The number of carbonyl (C=O) groups excluding carboxylic acids is 2. The zero-order chi connectivity index (χ0) is 39.2. The Hall–Kier alpha value is -4.67. The third kappa shape index (κ3) is 11.0. The molecule has 1 amide bonds. The quantitative estimate of drug-likeness (QED) is 0.0728. The van der Waals surface area contributed by atoms with Crippen molar-refractivity contribution in [1.82, 2.24) is 9.55 Å². The molecule has 21 heteroatoms. The molecule has 6 atom stereocenters. The first-order valence-electron chi connectivity index (χ1n) is 16.2. The first-order chi connectivity index (χ1) is 26.2. The van der Waals surface area contributed by atoms with Gasteiger partial charge in [0, 0.05) is 18.2 Å². The molecule has 4 aromatic carbocycles.